The average Bonchev–Trinajstić information content (AvgIpc) is 2.22. The van der Waals surface area contributed by atoms with Crippen molar-refractivity contribution in [1.82, 2.24) is 15.6 Å². The van der Waals surface area contributed by atoms with Crippen LogP contribution in [0.4, 0.5) is 0 Å². The van der Waals surface area contributed by atoms with Gasteiger partial charge in [0.25, 0.3) is 5.91 Å². The van der Waals surface area contributed by atoms with Gasteiger partial charge in [0.1, 0.15) is 10.3 Å². The van der Waals surface area contributed by atoms with Gasteiger partial charge in [-0.15, -0.1) is 0 Å². The van der Waals surface area contributed by atoms with Gasteiger partial charge in [-0.3, -0.25) is 4.79 Å². The van der Waals surface area contributed by atoms with Crippen LogP contribution < -0.4 is 10.6 Å². The summed E-state index contributed by atoms with van der Waals surface area (Å²) in [4.78, 5) is 16.2. The molecule has 0 aromatic carbocycles. The molecular formula is C15H21Cl2N3O. The lowest BCUT2D eigenvalue weighted by Gasteiger charge is -2.46. The lowest BCUT2D eigenvalue weighted by Crippen LogP contribution is -2.62. The number of halogens is 2. The molecule has 1 fully saturated rings. The molecule has 1 saturated heterocycles. The van der Waals surface area contributed by atoms with Crippen LogP contribution >= 0.6 is 23.2 Å². The van der Waals surface area contributed by atoms with Gasteiger partial charge in [0.05, 0.1) is 0 Å². The Morgan fingerprint density at radius 3 is 2.14 bits per heavy atom. The number of rotatable bonds is 2. The molecule has 1 aromatic heterocycles. The van der Waals surface area contributed by atoms with E-state index in [4.69, 9.17) is 23.2 Å². The molecule has 0 spiro atoms. The van der Waals surface area contributed by atoms with E-state index >= 15 is 0 Å². The Hall–Kier alpha value is -0.840. The first-order valence-corrected chi connectivity index (χ1v) is 7.75. The third-order valence-electron chi connectivity index (χ3n) is 3.55. The van der Waals surface area contributed by atoms with Crippen LogP contribution in [0.15, 0.2) is 12.1 Å². The summed E-state index contributed by atoms with van der Waals surface area (Å²) < 4.78 is 0. The molecule has 0 radical (unpaired) electrons. The Balaban J connectivity index is 2.12. The molecule has 6 heteroatoms. The molecule has 21 heavy (non-hydrogen) atoms. The molecule has 116 valence electrons. The standard InChI is InChI=1S/C15H21Cl2N3O/c1-14(2)7-10(8-15(3,4)20-14)18-13(21)9-5-11(16)19-12(17)6-9/h5-6,10,20H,7-8H2,1-4H3,(H,18,21). The van der Waals surface area contributed by atoms with Crippen LogP contribution in [0.1, 0.15) is 50.9 Å². The Labute approximate surface area is 135 Å². The molecule has 1 aliphatic heterocycles. The summed E-state index contributed by atoms with van der Waals surface area (Å²) in [5.74, 6) is -0.167. The summed E-state index contributed by atoms with van der Waals surface area (Å²) in [5, 5.41) is 7.11. The highest BCUT2D eigenvalue weighted by molar-refractivity contribution is 6.33. The summed E-state index contributed by atoms with van der Waals surface area (Å²) in [6.45, 7) is 8.58. The second-order valence-electron chi connectivity index (χ2n) is 6.97. The van der Waals surface area contributed by atoms with Crippen molar-refractivity contribution in [2.75, 3.05) is 0 Å². The fourth-order valence-electron chi connectivity index (χ4n) is 3.29. The minimum atomic E-state index is -0.167. The SMILES string of the molecule is CC1(C)CC(NC(=O)c2cc(Cl)nc(Cl)c2)CC(C)(C)N1. The van der Waals surface area contributed by atoms with Gasteiger partial charge >= 0.3 is 0 Å². The van der Waals surface area contributed by atoms with E-state index in [0.29, 0.717) is 5.56 Å². The van der Waals surface area contributed by atoms with Crippen LogP contribution in [-0.2, 0) is 0 Å². The predicted molar refractivity (Wildman–Crippen MR) is 86.0 cm³/mol. The molecule has 1 aliphatic rings. The summed E-state index contributed by atoms with van der Waals surface area (Å²) in [6, 6.07) is 3.16. The van der Waals surface area contributed by atoms with E-state index in [0.717, 1.165) is 12.8 Å². The van der Waals surface area contributed by atoms with Crippen molar-refractivity contribution >= 4 is 29.1 Å². The summed E-state index contributed by atoms with van der Waals surface area (Å²) >= 11 is 11.7. The molecule has 2 heterocycles. The molecule has 1 amide bonds. The minimum Gasteiger partial charge on any atom is -0.349 e. The molecule has 1 aromatic rings. The van der Waals surface area contributed by atoms with Crippen LogP contribution in [0.5, 0.6) is 0 Å². The van der Waals surface area contributed by atoms with Crippen LogP contribution in [0.25, 0.3) is 0 Å². The third-order valence-corrected chi connectivity index (χ3v) is 3.94. The quantitative estimate of drug-likeness (QED) is 0.817. The Morgan fingerprint density at radius 2 is 1.67 bits per heavy atom. The van der Waals surface area contributed by atoms with Crippen molar-refractivity contribution in [3.05, 3.63) is 28.0 Å². The average molecular weight is 330 g/mol. The summed E-state index contributed by atoms with van der Waals surface area (Å²) in [6.07, 6.45) is 1.74. The van der Waals surface area contributed by atoms with E-state index in [2.05, 4.69) is 43.3 Å². The molecule has 0 atom stereocenters. The normalized spacial score (nSPS) is 21.0. The van der Waals surface area contributed by atoms with Crippen LogP contribution in [-0.4, -0.2) is 28.0 Å². The number of amides is 1. The van der Waals surface area contributed by atoms with E-state index in [-0.39, 0.29) is 33.3 Å². The number of carbonyl (C=O) groups is 1. The zero-order chi connectivity index (χ0) is 15.8. The maximum absolute atomic E-state index is 12.4. The highest BCUT2D eigenvalue weighted by Gasteiger charge is 2.38. The third kappa shape index (κ3) is 4.56. The number of carbonyl (C=O) groups excluding carboxylic acids is 1. The number of nitrogens with zero attached hydrogens (tertiary/aromatic N) is 1. The van der Waals surface area contributed by atoms with Crippen LogP contribution in [0.2, 0.25) is 10.3 Å². The van der Waals surface area contributed by atoms with E-state index < -0.39 is 0 Å². The smallest absolute Gasteiger partial charge is 0.251 e. The summed E-state index contributed by atoms with van der Waals surface area (Å²) in [5.41, 5.74) is 0.398. The molecule has 0 aliphatic carbocycles. The monoisotopic (exact) mass is 329 g/mol. The van der Waals surface area contributed by atoms with Crippen molar-refractivity contribution in [3.8, 4) is 0 Å². The van der Waals surface area contributed by atoms with Gasteiger partial charge in [0.15, 0.2) is 0 Å². The van der Waals surface area contributed by atoms with Crippen molar-refractivity contribution in [3.63, 3.8) is 0 Å². The highest BCUT2D eigenvalue weighted by atomic mass is 35.5. The summed E-state index contributed by atoms with van der Waals surface area (Å²) in [7, 11) is 0. The number of nitrogens with one attached hydrogen (secondary N) is 2. The minimum absolute atomic E-state index is 0.0206. The Bertz CT molecular complexity index is 522. The Morgan fingerprint density at radius 1 is 1.19 bits per heavy atom. The maximum atomic E-state index is 12.4. The first-order chi connectivity index (χ1) is 9.56. The highest BCUT2D eigenvalue weighted by Crippen LogP contribution is 2.28. The van der Waals surface area contributed by atoms with E-state index in [9.17, 15) is 4.79 Å². The van der Waals surface area contributed by atoms with Gasteiger partial charge < -0.3 is 10.6 Å². The first-order valence-electron chi connectivity index (χ1n) is 7.00. The van der Waals surface area contributed by atoms with Crippen molar-refractivity contribution in [2.24, 2.45) is 0 Å². The van der Waals surface area contributed by atoms with Gasteiger partial charge in [-0.2, -0.15) is 0 Å². The fraction of sp³-hybridized carbons (Fsp3) is 0.600. The second-order valence-corrected chi connectivity index (χ2v) is 7.75. The molecule has 4 nitrogen and oxygen atoms in total. The van der Waals surface area contributed by atoms with E-state index in [1.807, 2.05) is 0 Å². The maximum Gasteiger partial charge on any atom is 0.251 e. The molecule has 0 unspecified atom stereocenters. The molecule has 2 N–H and O–H groups in total. The first kappa shape index (κ1) is 16.5. The zero-order valence-corrected chi connectivity index (χ0v) is 14.3. The molecule has 0 bridgehead atoms. The van der Waals surface area contributed by atoms with E-state index in [1.54, 1.807) is 0 Å². The lowest BCUT2D eigenvalue weighted by atomic mass is 9.79. The van der Waals surface area contributed by atoms with E-state index in [1.165, 1.54) is 12.1 Å². The predicted octanol–water partition coefficient (Wildman–Crippen LogP) is 3.43. The van der Waals surface area contributed by atoms with Gasteiger partial charge in [-0.25, -0.2) is 4.98 Å². The van der Waals surface area contributed by atoms with Gasteiger partial charge in [0.2, 0.25) is 0 Å². The topological polar surface area (TPSA) is 54.0 Å². The number of piperidine rings is 1. The van der Waals surface area contributed by atoms with Gasteiger partial charge in [0, 0.05) is 22.7 Å². The van der Waals surface area contributed by atoms with Gasteiger partial charge in [-0.1, -0.05) is 23.2 Å². The zero-order valence-electron chi connectivity index (χ0n) is 12.8. The number of hydrogen-bond donors (Lipinski definition) is 2. The van der Waals surface area contributed by atoms with Crippen LogP contribution in [0.3, 0.4) is 0 Å². The Kier molecular flexibility index (Phi) is 4.52. The van der Waals surface area contributed by atoms with Gasteiger partial charge in [-0.05, 0) is 52.7 Å². The fourth-order valence-corrected chi connectivity index (χ4v) is 3.75. The number of hydrogen-bond acceptors (Lipinski definition) is 3. The lowest BCUT2D eigenvalue weighted by molar-refractivity contribution is 0.0873. The number of pyridine rings is 1. The second kappa shape index (κ2) is 5.75. The molecular weight excluding hydrogens is 309 g/mol. The molecule has 0 saturated carbocycles. The molecule has 2 rings (SSSR count). The largest absolute Gasteiger partial charge is 0.349 e. The van der Waals surface area contributed by atoms with Crippen LogP contribution in [0, 0.1) is 0 Å². The van der Waals surface area contributed by atoms with Crippen molar-refractivity contribution < 1.29 is 4.79 Å². The van der Waals surface area contributed by atoms with Crippen molar-refractivity contribution in [1.29, 1.82) is 0 Å². The number of aromatic nitrogens is 1. The van der Waals surface area contributed by atoms with Crippen molar-refractivity contribution in [2.45, 2.75) is 57.7 Å².